The zero-order chi connectivity index (χ0) is 40.3. The summed E-state index contributed by atoms with van der Waals surface area (Å²) in [5, 5.41) is 28.2. The summed E-state index contributed by atoms with van der Waals surface area (Å²) >= 11 is 0. The maximum absolute atomic E-state index is 14.4. The maximum Gasteiger partial charge on any atom is 2.00 e. The molecule has 4 aromatic carbocycles. The summed E-state index contributed by atoms with van der Waals surface area (Å²) < 4.78 is 0. The fraction of sp³-hybridized carbons (Fsp3) is 0.154. The van der Waals surface area contributed by atoms with Crippen molar-refractivity contribution in [2.75, 3.05) is 0 Å². The smallest absolute Gasteiger partial charge is 0.873 e. The Morgan fingerprint density at radius 1 is 0.390 bits per heavy atom. The molecule has 0 spiro atoms. The molecule has 284 valence electrons. The maximum atomic E-state index is 14.4. The molecule has 6 nitrogen and oxygen atoms in total. The van der Waals surface area contributed by atoms with Gasteiger partial charge in [0.25, 0.3) is 0 Å². The van der Waals surface area contributed by atoms with Crippen LogP contribution >= 0.6 is 0 Å². The molecule has 9 rings (SSSR count). The third-order valence-electron chi connectivity index (χ3n) is 10.9. The molecule has 0 saturated heterocycles. The van der Waals surface area contributed by atoms with E-state index < -0.39 is 22.3 Å². The number of allylic oxidation sites excluding steroid dienone is 12. The van der Waals surface area contributed by atoms with Crippen molar-refractivity contribution in [2.24, 2.45) is 20.0 Å². The Labute approximate surface area is 358 Å². The van der Waals surface area contributed by atoms with E-state index in [4.69, 9.17) is 20.0 Å². The Hall–Kier alpha value is -6.30. The third-order valence-corrected chi connectivity index (χ3v) is 10.9. The molecule has 5 heterocycles. The van der Waals surface area contributed by atoms with E-state index in [0.717, 1.165) is 67.6 Å². The van der Waals surface area contributed by atoms with Crippen molar-refractivity contribution >= 4 is 45.1 Å². The zero-order valence-electron chi connectivity index (χ0n) is 34.2. The monoisotopic (exact) mass is 818 g/mol. The SMILES string of the molecule is CC(C)(C)c1cc(C2=C3C=CC(=N3)C(c3ccccc3)=C3C=CC(=N3)C(c3ccccc3)=C3C=CC(=N3)C(c3ccccc3)=C3C=CC2=N3)c(C(C)(C)C)c([O-])c1[O-].[Zn+2]. The average Bonchev–Trinajstić information content (AvgIpc) is 4.04. The fourth-order valence-electron chi connectivity index (χ4n) is 8.20. The molecule has 0 saturated carbocycles. The third kappa shape index (κ3) is 7.15. The van der Waals surface area contributed by atoms with Crippen LogP contribution in [0.15, 0.2) is 188 Å². The second kappa shape index (κ2) is 15.1. The van der Waals surface area contributed by atoms with E-state index >= 15 is 0 Å². The van der Waals surface area contributed by atoms with Gasteiger partial charge in [-0.2, -0.15) is 0 Å². The zero-order valence-corrected chi connectivity index (χ0v) is 37.1. The normalized spacial score (nSPS) is 17.2. The van der Waals surface area contributed by atoms with E-state index in [1.165, 1.54) is 0 Å². The molecule has 5 aliphatic rings. The van der Waals surface area contributed by atoms with Crippen LogP contribution in [0.2, 0.25) is 0 Å². The fourth-order valence-corrected chi connectivity index (χ4v) is 8.20. The minimum absolute atomic E-state index is 0. The topological polar surface area (TPSA) is 95.6 Å². The van der Waals surface area contributed by atoms with Gasteiger partial charge < -0.3 is 10.2 Å². The van der Waals surface area contributed by atoms with Gasteiger partial charge in [0.15, 0.2) is 0 Å². The van der Waals surface area contributed by atoms with E-state index in [2.05, 4.69) is 60.7 Å². The van der Waals surface area contributed by atoms with Crippen molar-refractivity contribution in [2.45, 2.75) is 52.4 Å². The van der Waals surface area contributed by atoms with Gasteiger partial charge in [0.1, 0.15) is 0 Å². The first kappa shape index (κ1) is 39.5. The number of rotatable bonds is 4. The number of aliphatic imine (C=N–C) groups is 4. The van der Waals surface area contributed by atoms with E-state index in [1.807, 2.05) is 127 Å². The van der Waals surface area contributed by atoms with E-state index in [0.29, 0.717) is 33.7 Å². The molecule has 5 aliphatic heterocycles. The molecule has 0 fully saturated rings. The van der Waals surface area contributed by atoms with Gasteiger partial charge in [0.2, 0.25) is 0 Å². The summed E-state index contributed by atoms with van der Waals surface area (Å²) in [4.78, 5) is 21.5. The van der Waals surface area contributed by atoms with Gasteiger partial charge in [0, 0.05) is 22.3 Å². The van der Waals surface area contributed by atoms with Crippen molar-refractivity contribution in [3.8, 4) is 11.5 Å². The molecule has 7 heteroatoms. The first-order valence-corrected chi connectivity index (χ1v) is 19.6. The predicted molar refractivity (Wildman–Crippen MR) is 236 cm³/mol. The molecule has 0 N–H and O–H groups in total. The second-order valence-electron chi connectivity index (χ2n) is 17.0. The number of hydrogen-bond acceptors (Lipinski definition) is 6. The van der Waals surface area contributed by atoms with Gasteiger partial charge in [-0.3, -0.25) is 0 Å². The second-order valence-corrected chi connectivity index (χ2v) is 17.0. The Morgan fingerprint density at radius 2 is 0.712 bits per heavy atom. The van der Waals surface area contributed by atoms with E-state index in [-0.39, 0.29) is 19.5 Å². The minimum Gasteiger partial charge on any atom is -0.873 e. The summed E-state index contributed by atoms with van der Waals surface area (Å²) in [6.07, 6.45) is 16.3. The number of hydrogen-bond donors (Lipinski definition) is 0. The van der Waals surface area contributed by atoms with Gasteiger partial charge in [-0.15, -0.1) is 11.5 Å². The largest absolute Gasteiger partial charge is 2.00 e. The number of fused-ring (bicyclic) bond motifs is 4. The Kier molecular flexibility index (Phi) is 10.1. The summed E-state index contributed by atoms with van der Waals surface area (Å²) in [5.41, 5.74) is 12.5. The molecule has 0 amide bonds. The summed E-state index contributed by atoms with van der Waals surface area (Å²) in [5.74, 6) is -0.960. The Morgan fingerprint density at radius 3 is 1.03 bits per heavy atom. The van der Waals surface area contributed by atoms with Gasteiger partial charge >= 0.3 is 19.5 Å². The van der Waals surface area contributed by atoms with Crippen LogP contribution in [-0.4, -0.2) is 22.8 Å². The van der Waals surface area contributed by atoms with Crippen molar-refractivity contribution in [1.82, 2.24) is 0 Å². The van der Waals surface area contributed by atoms with E-state index in [1.54, 1.807) is 0 Å². The molecule has 0 aliphatic carbocycles. The molecule has 0 radical (unpaired) electrons. The molecule has 0 aromatic heterocycles. The predicted octanol–water partition coefficient (Wildman–Crippen LogP) is 10.4. The first-order chi connectivity index (χ1) is 27.9. The molecular formula is C52H42N4O2Zn. The van der Waals surface area contributed by atoms with Crippen LogP contribution in [0, 0.1) is 0 Å². The van der Waals surface area contributed by atoms with Crippen LogP contribution in [0.5, 0.6) is 11.5 Å². The molecule has 8 bridgehead atoms. The van der Waals surface area contributed by atoms with Crippen molar-refractivity contribution in [3.05, 3.63) is 202 Å². The van der Waals surface area contributed by atoms with Crippen LogP contribution in [0.4, 0.5) is 0 Å². The first-order valence-electron chi connectivity index (χ1n) is 19.6. The summed E-state index contributed by atoms with van der Waals surface area (Å²) in [7, 11) is 0. The molecule has 59 heavy (non-hydrogen) atoms. The van der Waals surface area contributed by atoms with Gasteiger partial charge in [-0.25, -0.2) is 20.0 Å². The molecule has 0 atom stereocenters. The van der Waals surface area contributed by atoms with Crippen LogP contribution in [-0.2, 0) is 30.3 Å². The van der Waals surface area contributed by atoms with Gasteiger partial charge in [0.05, 0.1) is 45.6 Å². The molecule has 0 unspecified atom stereocenters. The van der Waals surface area contributed by atoms with Crippen molar-refractivity contribution in [3.63, 3.8) is 0 Å². The number of benzene rings is 4. The average molecular weight is 820 g/mol. The standard InChI is InChI=1S/C52H44N4O2.Zn/c1-51(2,3)35-30-34(48(52(4,5)6)50(58)49(35)57)47-42-28-26-40(55-42)45(32-18-12-8-13-19-32)38-24-22-36(53-38)44(31-16-10-7-11-17-31)37-23-25-39(54-37)46(33-20-14-9-15-21-33)41-27-29-43(47)56-41;/h7-30,57-58H,1-6H3;/q;+2/p-2. The van der Waals surface area contributed by atoms with Crippen LogP contribution < -0.4 is 10.2 Å². The van der Waals surface area contributed by atoms with Gasteiger partial charge in [-0.1, -0.05) is 144 Å². The Bertz CT molecular complexity index is 2770. The quantitative estimate of drug-likeness (QED) is 0.192. The van der Waals surface area contributed by atoms with Gasteiger partial charge in [-0.05, 0) is 87.3 Å². The summed E-state index contributed by atoms with van der Waals surface area (Å²) in [6, 6.07) is 32.6. The minimum atomic E-state index is -0.671. The van der Waals surface area contributed by atoms with Crippen LogP contribution in [0.25, 0.3) is 22.3 Å². The van der Waals surface area contributed by atoms with Crippen molar-refractivity contribution < 1.29 is 29.7 Å². The van der Waals surface area contributed by atoms with Crippen molar-refractivity contribution in [1.29, 1.82) is 0 Å². The van der Waals surface area contributed by atoms with Crippen LogP contribution in [0.1, 0.15) is 74.9 Å². The van der Waals surface area contributed by atoms with E-state index in [9.17, 15) is 10.2 Å². The summed E-state index contributed by atoms with van der Waals surface area (Å²) in [6.45, 7) is 11.8. The number of nitrogens with zero attached hydrogens (tertiary/aromatic N) is 4. The molecular weight excluding hydrogens is 778 g/mol. The molecule has 4 aromatic rings. The Balaban J connectivity index is 0.00000484. The van der Waals surface area contributed by atoms with Crippen LogP contribution in [0.3, 0.4) is 0 Å².